The van der Waals surface area contributed by atoms with Gasteiger partial charge in [-0.25, -0.2) is 9.37 Å². The molecule has 94 valence electrons. The lowest BCUT2D eigenvalue weighted by atomic mass is 10.0. The normalized spacial score (nSPS) is 12.2. The Morgan fingerprint density at radius 2 is 2.00 bits per heavy atom. The molecule has 1 atom stereocenters. The van der Waals surface area contributed by atoms with E-state index in [2.05, 4.69) is 9.97 Å². The van der Waals surface area contributed by atoms with E-state index in [-0.39, 0.29) is 5.82 Å². The van der Waals surface area contributed by atoms with Gasteiger partial charge in [-0.3, -0.25) is 4.98 Å². The number of nitrogens with zero attached hydrogens (tertiary/aromatic N) is 2. The van der Waals surface area contributed by atoms with Crippen LogP contribution in [0.3, 0.4) is 0 Å². The van der Waals surface area contributed by atoms with Crippen molar-refractivity contribution < 1.29 is 9.13 Å². The number of aryl methyl sites for hydroxylation is 1. The van der Waals surface area contributed by atoms with E-state index in [0.29, 0.717) is 17.1 Å². The molecule has 1 heterocycles. The van der Waals surface area contributed by atoms with E-state index in [1.54, 1.807) is 12.1 Å². The number of halogens is 1. The summed E-state index contributed by atoms with van der Waals surface area (Å²) in [5.74, 6) is -0.0493. The molecule has 1 aromatic heterocycles. The molecule has 1 unspecified atom stereocenters. The van der Waals surface area contributed by atoms with Crippen LogP contribution in [-0.2, 0) is 0 Å². The summed E-state index contributed by atoms with van der Waals surface area (Å²) in [6.45, 7) is 1.88. The first kappa shape index (κ1) is 12.4. The molecule has 4 nitrogen and oxygen atoms in total. The van der Waals surface area contributed by atoms with Gasteiger partial charge in [0.1, 0.15) is 11.5 Å². The second kappa shape index (κ2) is 5.10. The van der Waals surface area contributed by atoms with Gasteiger partial charge in [0.05, 0.1) is 13.2 Å². The zero-order chi connectivity index (χ0) is 13.1. The van der Waals surface area contributed by atoms with Crippen molar-refractivity contribution in [2.75, 3.05) is 7.11 Å². The zero-order valence-corrected chi connectivity index (χ0v) is 10.2. The lowest BCUT2D eigenvalue weighted by Gasteiger charge is -2.15. The van der Waals surface area contributed by atoms with Gasteiger partial charge in [0.25, 0.3) is 0 Å². The number of benzene rings is 1. The van der Waals surface area contributed by atoms with Crippen LogP contribution in [-0.4, -0.2) is 17.1 Å². The van der Waals surface area contributed by atoms with Crippen LogP contribution in [0.1, 0.15) is 22.9 Å². The summed E-state index contributed by atoms with van der Waals surface area (Å²) in [5.41, 5.74) is 7.78. The van der Waals surface area contributed by atoms with Gasteiger partial charge in [0, 0.05) is 18.0 Å². The molecule has 0 spiro atoms. The van der Waals surface area contributed by atoms with Crippen molar-refractivity contribution in [2.24, 2.45) is 5.73 Å². The number of methoxy groups -OCH3 is 1. The van der Waals surface area contributed by atoms with Crippen LogP contribution < -0.4 is 10.5 Å². The Kier molecular flexibility index (Phi) is 3.53. The maximum Gasteiger partial charge on any atom is 0.237 e. The molecule has 0 bridgehead atoms. The van der Waals surface area contributed by atoms with E-state index >= 15 is 0 Å². The van der Waals surface area contributed by atoms with Crippen LogP contribution >= 0.6 is 0 Å². The molecule has 0 aliphatic rings. The van der Waals surface area contributed by atoms with Gasteiger partial charge < -0.3 is 10.5 Å². The molecule has 0 saturated heterocycles. The van der Waals surface area contributed by atoms with Gasteiger partial charge in [-0.05, 0) is 13.0 Å². The van der Waals surface area contributed by atoms with Gasteiger partial charge in [-0.2, -0.15) is 0 Å². The second-order valence-corrected chi connectivity index (χ2v) is 3.95. The number of hydrogen-bond acceptors (Lipinski definition) is 4. The van der Waals surface area contributed by atoms with Crippen molar-refractivity contribution in [3.05, 3.63) is 53.2 Å². The lowest BCUT2D eigenvalue weighted by Crippen LogP contribution is -2.17. The van der Waals surface area contributed by atoms with Crippen LogP contribution in [0.2, 0.25) is 0 Å². The molecule has 2 aromatic rings. The highest BCUT2D eigenvalue weighted by molar-refractivity contribution is 5.35. The van der Waals surface area contributed by atoms with Crippen LogP contribution in [0.4, 0.5) is 4.39 Å². The molecule has 2 N–H and O–H groups in total. The Hall–Kier alpha value is -2.01. The zero-order valence-electron chi connectivity index (χ0n) is 10.2. The maximum absolute atomic E-state index is 13.8. The van der Waals surface area contributed by atoms with Crippen LogP contribution in [0.15, 0.2) is 30.6 Å². The van der Waals surface area contributed by atoms with Crippen LogP contribution in [0, 0.1) is 12.7 Å². The fraction of sp³-hybridized carbons (Fsp3) is 0.231. The molecule has 0 saturated carbocycles. The Morgan fingerprint density at radius 1 is 1.28 bits per heavy atom. The number of hydrogen-bond donors (Lipinski definition) is 1. The fourth-order valence-corrected chi connectivity index (χ4v) is 1.76. The van der Waals surface area contributed by atoms with Gasteiger partial charge in [0.15, 0.2) is 0 Å². The van der Waals surface area contributed by atoms with E-state index in [9.17, 15) is 4.39 Å². The van der Waals surface area contributed by atoms with Crippen molar-refractivity contribution in [2.45, 2.75) is 13.0 Å². The summed E-state index contributed by atoms with van der Waals surface area (Å²) in [4.78, 5) is 8.13. The number of ether oxygens (including phenoxy) is 1. The Bertz CT molecular complexity index is 560. The third-order valence-corrected chi connectivity index (χ3v) is 2.67. The predicted molar refractivity (Wildman–Crippen MR) is 65.8 cm³/mol. The first-order valence-corrected chi connectivity index (χ1v) is 5.50. The van der Waals surface area contributed by atoms with Crippen LogP contribution in [0.5, 0.6) is 5.88 Å². The van der Waals surface area contributed by atoms with E-state index in [1.165, 1.54) is 25.6 Å². The monoisotopic (exact) mass is 247 g/mol. The number of aromatic nitrogens is 2. The number of rotatable bonds is 3. The van der Waals surface area contributed by atoms with Gasteiger partial charge in [0.2, 0.25) is 5.88 Å². The standard InChI is InChI=1S/C13H14FN3O/c1-8-3-4-10(14)9(7-8)11(15)12-13(18-2)17-6-5-16-12/h3-7,11H,15H2,1-2H3. The molecule has 1 aromatic carbocycles. The number of nitrogens with two attached hydrogens (primary N) is 1. The quantitative estimate of drug-likeness (QED) is 0.900. The molecule has 0 aliphatic heterocycles. The van der Waals surface area contributed by atoms with Crippen molar-refractivity contribution in [3.8, 4) is 5.88 Å². The van der Waals surface area contributed by atoms with E-state index < -0.39 is 6.04 Å². The highest BCUT2D eigenvalue weighted by atomic mass is 19.1. The SMILES string of the molecule is COc1nccnc1C(N)c1cc(C)ccc1F. The largest absolute Gasteiger partial charge is 0.480 e. The van der Waals surface area contributed by atoms with E-state index in [4.69, 9.17) is 10.5 Å². The predicted octanol–water partition coefficient (Wildman–Crippen LogP) is 1.98. The Balaban J connectivity index is 2.47. The maximum atomic E-state index is 13.8. The molecular weight excluding hydrogens is 233 g/mol. The smallest absolute Gasteiger partial charge is 0.237 e. The minimum atomic E-state index is -0.700. The van der Waals surface area contributed by atoms with Crippen molar-refractivity contribution >= 4 is 0 Å². The molecule has 0 aliphatic carbocycles. The Morgan fingerprint density at radius 3 is 2.72 bits per heavy atom. The average Bonchev–Trinajstić information content (AvgIpc) is 2.40. The molecule has 0 fully saturated rings. The first-order valence-electron chi connectivity index (χ1n) is 5.50. The topological polar surface area (TPSA) is 61.0 Å². The van der Waals surface area contributed by atoms with Gasteiger partial charge in [-0.15, -0.1) is 0 Å². The van der Waals surface area contributed by atoms with E-state index in [0.717, 1.165) is 5.56 Å². The van der Waals surface area contributed by atoms with Crippen molar-refractivity contribution in [1.82, 2.24) is 9.97 Å². The third kappa shape index (κ3) is 2.31. The van der Waals surface area contributed by atoms with Crippen LogP contribution in [0.25, 0.3) is 0 Å². The highest BCUT2D eigenvalue weighted by Crippen LogP contribution is 2.26. The second-order valence-electron chi connectivity index (χ2n) is 3.95. The summed E-state index contributed by atoms with van der Waals surface area (Å²) < 4.78 is 18.9. The summed E-state index contributed by atoms with van der Waals surface area (Å²) in [6.07, 6.45) is 3.01. The molecule has 18 heavy (non-hydrogen) atoms. The fourth-order valence-electron chi connectivity index (χ4n) is 1.76. The first-order chi connectivity index (χ1) is 8.63. The minimum Gasteiger partial charge on any atom is -0.480 e. The minimum absolute atomic E-state index is 0.311. The average molecular weight is 247 g/mol. The summed E-state index contributed by atoms with van der Waals surface area (Å²) >= 11 is 0. The molecule has 5 heteroatoms. The lowest BCUT2D eigenvalue weighted by molar-refractivity contribution is 0.386. The summed E-state index contributed by atoms with van der Waals surface area (Å²) in [7, 11) is 1.48. The summed E-state index contributed by atoms with van der Waals surface area (Å²) in [6, 6.07) is 4.09. The highest BCUT2D eigenvalue weighted by Gasteiger charge is 2.19. The Labute approximate surface area is 105 Å². The van der Waals surface area contributed by atoms with E-state index in [1.807, 2.05) is 6.92 Å². The van der Waals surface area contributed by atoms with Gasteiger partial charge >= 0.3 is 0 Å². The summed E-state index contributed by atoms with van der Waals surface area (Å²) in [5, 5.41) is 0. The molecule has 0 radical (unpaired) electrons. The molecule has 0 amide bonds. The van der Waals surface area contributed by atoms with Crippen molar-refractivity contribution in [1.29, 1.82) is 0 Å². The third-order valence-electron chi connectivity index (χ3n) is 2.67. The molecule has 2 rings (SSSR count). The van der Waals surface area contributed by atoms with Gasteiger partial charge in [-0.1, -0.05) is 17.7 Å². The van der Waals surface area contributed by atoms with Crippen molar-refractivity contribution in [3.63, 3.8) is 0 Å². The molecular formula is C13H14FN3O.